The van der Waals surface area contributed by atoms with Gasteiger partial charge in [0.15, 0.2) is 0 Å². The van der Waals surface area contributed by atoms with Gasteiger partial charge in [0.1, 0.15) is 12.2 Å². The molecule has 2 heteroatoms. The van der Waals surface area contributed by atoms with Crippen molar-refractivity contribution in [1.82, 2.24) is 0 Å². The Kier molecular flexibility index (Phi) is 4.60. The monoisotopic (exact) mass is 296 g/mol. The average molecular weight is 296 g/mol. The van der Waals surface area contributed by atoms with E-state index in [-0.39, 0.29) is 12.2 Å². The summed E-state index contributed by atoms with van der Waals surface area (Å²) in [5.41, 5.74) is 5.02. The summed E-state index contributed by atoms with van der Waals surface area (Å²) in [6, 6.07) is 17.2. The number of ether oxygens (including phenoxy) is 2. The summed E-state index contributed by atoms with van der Waals surface area (Å²) < 4.78 is 12.1. The van der Waals surface area contributed by atoms with Gasteiger partial charge >= 0.3 is 0 Å². The van der Waals surface area contributed by atoms with Crippen molar-refractivity contribution < 1.29 is 9.47 Å². The number of aryl methyl sites for hydroxylation is 1. The standard InChI is InChI=1S/C20H24O2/c1-14(2)16-8-10-18(11-9-16)20-13-21-19(12-22-20)17-6-4-15(3)5-7-17/h4-11,14,19-20H,12-13H2,1-3H3. The smallest absolute Gasteiger partial charge is 0.106 e. The summed E-state index contributed by atoms with van der Waals surface area (Å²) in [6.45, 7) is 7.74. The first-order valence-corrected chi connectivity index (χ1v) is 8.03. The number of hydrogen-bond acceptors (Lipinski definition) is 2. The van der Waals surface area contributed by atoms with Crippen LogP contribution in [-0.4, -0.2) is 13.2 Å². The van der Waals surface area contributed by atoms with Crippen molar-refractivity contribution in [3.8, 4) is 0 Å². The summed E-state index contributed by atoms with van der Waals surface area (Å²) in [5.74, 6) is 0.559. The summed E-state index contributed by atoms with van der Waals surface area (Å²) in [5, 5.41) is 0. The highest BCUT2D eigenvalue weighted by atomic mass is 16.6. The first kappa shape index (κ1) is 15.3. The molecule has 0 saturated carbocycles. The van der Waals surface area contributed by atoms with Crippen LogP contribution in [0.2, 0.25) is 0 Å². The summed E-state index contributed by atoms with van der Waals surface area (Å²) >= 11 is 0. The molecule has 2 unspecified atom stereocenters. The molecular weight excluding hydrogens is 272 g/mol. The minimum atomic E-state index is 0.0444. The lowest BCUT2D eigenvalue weighted by Crippen LogP contribution is -2.25. The van der Waals surface area contributed by atoms with Crippen molar-refractivity contribution in [2.75, 3.05) is 13.2 Å². The molecule has 0 aromatic heterocycles. The molecule has 0 spiro atoms. The highest BCUT2D eigenvalue weighted by molar-refractivity contribution is 5.27. The summed E-state index contributed by atoms with van der Waals surface area (Å²) in [7, 11) is 0. The van der Waals surface area contributed by atoms with E-state index in [9.17, 15) is 0 Å². The van der Waals surface area contributed by atoms with Crippen molar-refractivity contribution in [3.05, 3.63) is 70.8 Å². The Morgan fingerprint density at radius 1 is 0.773 bits per heavy atom. The fourth-order valence-electron chi connectivity index (χ4n) is 2.76. The van der Waals surface area contributed by atoms with Gasteiger partial charge in [-0.1, -0.05) is 67.9 Å². The zero-order valence-corrected chi connectivity index (χ0v) is 13.6. The largest absolute Gasteiger partial charge is 0.368 e. The van der Waals surface area contributed by atoms with Gasteiger partial charge in [0.25, 0.3) is 0 Å². The molecule has 1 aliphatic heterocycles. The third-order valence-electron chi connectivity index (χ3n) is 4.32. The second kappa shape index (κ2) is 6.64. The third-order valence-corrected chi connectivity index (χ3v) is 4.32. The van der Waals surface area contributed by atoms with E-state index in [1.165, 1.54) is 22.3 Å². The van der Waals surface area contributed by atoms with Gasteiger partial charge in [0.05, 0.1) is 13.2 Å². The van der Waals surface area contributed by atoms with Crippen LogP contribution >= 0.6 is 0 Å². The van der Waals surface area contributed by atoms with Crippen molar-refractivity contribution in [1.29, 1.82) is 0 Å². The molecule has 0 aliphatic carbocycles. The molecule has 1 fully saturated rings. The number of hydrogen-bond donors (Lipinski definition) is 0. The molecule has 0 bridgehead atoms. The maximum absolute atomic E-state index is 6.04. The van der Waals surface area contributed by atoms with E-state index in [4.69, 9.17) is 9.47 Å². The predicted octanol–water partition coefficient (Wildman–Crippen LogP) is 4.95. The summed E-state index contributed by atoms with van der Waals surface area (Å²) in [6.07, 6.45) is 0.0923. The Balaban J connectivity index is 1.62. The van der Waals surface area contributed by atoms with Crippen LogP contribution in [0, 0.1) is 6.92 Å². The number of benzene rings is 2. The van der Waals surface area contributed by atoms with Gasteiger partial charge in [-0.25, -0.2) is 0 Å². The van der Waals surface area contributed by atoms with E-state index >= 15 is 0 Å². The van der Waals surface area contributed by atoms with Crippen LogP contribution in [0.25, 0.3) is 0 Å². The molecule has 1 saturated heterocycles. The molecular formula is C20H24O2. The molecule has 2 atom stereocenters. The molecule has 2 aromatic carbocycles. The van der Waals surface area contributed by atoms with Crippen molar-refractivity contribution in [3.63, 3.8) is 0 Å². The fraction of sp³-hybridized carbons (Fsp3) is 0.400. The van der Waals surface area contributed by atoms with Gasteiger partial charge in [-0.15, -0.1) is 0 Å². The Bertz CT molecular complexity index is 591. The van der Waals surface area contributed by atoms with Crippen LogP contribution in [0.15, 0.2) is 48.5 Å². The molecule has 0 radical (unpaired) electrons. The first-order chi connectivity index (χ1) is 10.6. The van der Waals surface area contributed by atoms with E-state index in [0.717, 1.165) is 0 Å². The Morgan fingerprint density at radius 3 is 1.64 bits per heavy atom. The van der Waals surface area contributed by atoms with E-state index in [2.05, 4.69) is 69.3 Å². The van der Waals surface area contributed by atoms with Crippen LogP contribution in [-0.2, 0) is 9.47 Å². The van der Waals surface area contributed by atoms with Gasteiger partial charge < -0.3 is 9.47 Å². The quantitative estimate of drug-likeness (QED) is 0.798. The van der Waals surface area contributed by atoms with Crippen LogP contribution in [0.3, 0.4) is 0 Å². The topological polar surface area (TPSA) is 18.5 Å². The van der Waals surface area contributed by atoms with Crippen molar-refractivity contribution in [2.24, 2.45) is 0 Å². The molecule has 3 rings (SSSR count). The second-order valence-corrected chi connectivity index (χ2v) is 6.38. The maximum Gasteiger partial charge on any atom is 0.106 e. The molecule has 116 valence electrons. The second-order valence-electron chi connectivity index (χ2n) is 6.38. The van der Waals surface area contributed by atoms with E-state index in [1.807, 2.05) is 0 Å². The Morgan fingerprint density at radius 2 is 1.23 bits per heavy atom. The SMILES string of the molecule is Cc1ccc(C2COC(c3ccc(C(C)C)cc3)CO2)cc1. The van der Waals surface area contributed by atoms with Gasteiger partial charge in [-0.3, -0.25) is 0 Å². The molecule has 1 heterocycles. The van der Waals surface area contributed by atoms with Crippen LogP contribution in [0.5, 0.6) is 0 Å². The highest BCUT2D eigenvalue weighted by Gasteiger charge is 2.24. The molecule has 0 N–H and O–H groups in total. The Hall–Kier alpha value is -1.64. The lowest BCUT2D eigenvalue weighted by atomic mass is 9.99. The summed E-state index contributed by atoms with van der Waals surface area (Å²) in [4.78, 5) is 0. The highest BCUT2D eigenvalue weighted by Crippen LogP contribution is 2.30. The van der Waals surface area contributed by atoms with Gasteiger partial charge in [0, 0.05) is 0 Å². The normalized spacial score (nSPS) is 22.0. The lowest BCUT2D eigenvalue weighted by molar-refractivity contribution is -0.137. The minimum absolute atomic E-state index is 0.0444. The van der Waals surface area contributed by atoms with Crippen LogP contribution in [0.1, 0.15) is 54.2 Å². The van der Waals surface area contributed by atoms with Crippen molar-refractivity contribution >= 4 is 0 Å². The molecule has 2 nitrogen and oxygen atoms in total. The van der Waals surface area contributed by atoms with Crippen LogP contribution in [0.4, 0.5) is 0 Å². The minimum Gasteiger partial charge on any atom is -0.368 e. The van der Waals surface area contributed by atoms with E-state index in [1.54, 1.807) is 0 Å². The lowest BCUT2D eigenvalue weighted by Gasteiger charge is -2.30. The average Bonchev–Trinajstić information content (AvgIpc) is 2.56. The zero-order chi connectivity index (χ0) is 15.5. The van der Waals surface area contributed by atoms with E-state index in [0.29, 0.717) is 19.1 Å². The Labute approximate surface area is 133 Å². The molecule has 0 amide bonds. The van der Waals surface area contributed by atoms with Crippen molar-refractivity contribution in [2.45, 2.75) is 38.9 Å². The first-order valence-electron chi connectivity index (χ1n) is 8.03. The fourth-order valence-corrected chi connectivity index (χ4v) is 2.76. The van der Waals surface area contributed by atoms with Gasteiger partial charge in [-0.05, 0) is 29.5 Å². The van der Waals surface area contributed by atoms with Gasteiger partial charge in [0.2, 0.25) is 0 Å². The van der Waals surface area contributed by atoms with Gasteiger partial charge in [-0.2, -0.15) is 0 Å². The molecule has 1 aliphatic rings. The molecule has 22 heavy (non-hydrogen) atoms. The van der Waals surface area contributed by atoms with Crippen LogP contribution < -0.4 is 0 Å². The maximum atomic E-state index is 6.04. The van der Waals surface area contributed by atoms with E-state index < -0.39 is 0 Å². The molecule has 2 aromatic rings. The number of rotatable bonds is 3. The zero-order valence-electron chi connectivity index (χ0n) is 13.6. The third kappa shape index (κ3) is 3.40. The predicted molar refractivity (Wildman–Crippen MR) is 89.1 cm³/mol.